The summed E-state index contributed by atoms with van der Waals surface area (Å²) in [6.07, 6.45) is 0.0416. The maximum Gasteiger partial charge on any atom is 0.184 e. The van der Waals surface area contributed by atoms with E-state index in [4.69, 9.17) is 15.9 Å². The Balaban J connectivity index is 3.12. The highest BCUT2D eigenvalue weighted by molar-refractivity contribution is 9.10. The number of aromatic nitrogens is 1. The number of anilines is 1. The summed E-state index contributed by atoms with van der Waals surface area (Å²) in [4.78, 5) is 3.53. The largest absolute Gasteiger partial charge is 0.394 e. The molecule has 0 fully saturated rings. The third kappa shape index (κ3) is 3.14. The summed E-state index contributed by atoms with van der Waals surface area (Å²) in [5.41, 5.74) is 5.44. The Morgan fingerprint density at radius 3 is 2.75 bits per heavy atom. The predicted octanol–water partition coefficient (Wildman–Crippen LogP) is -0.447. The molecule has 4 N–H and O–H groups in total. The van der Waals surface area contributed by atoms with Crippen LogP contribution in [-0.4, -0.2) is 42.1 Å². The van der Waals surface area contributed by atoms with Crippen LogP contribution in [0.2, 0.25) is 0 Å². The molecule has 1 aromatic rings. The van der Waals surface area contributed by atoms with E-state index in [9.17, 15) is 8.42 Å². The lowest BCUT2D eigenvalue weighted by molar-refractivity contribution is 0.112. The zero-order valence-corrected chi connectivity index (χ0v) is 10.6. The number of aliphatic hydroxyl groups excluding tert-OH is 2. The van der Waals surface area contributed by atoms with Gasteiger partial charge in [-0.25, -0.2) is 13.4 Å². The third-order valence-electron chi connectivity index (χ3n) is 1.81. The first-order valence-corrected chi connectivity index (χ1v) is 6.74. The smallest absolute Gasteiger partial charge is 0.184 e. The second-order valence-electron chi connectivity index (χ2n) is 3.15. The number of nitrogen functional groups attached to an aromatic ring is 1. The van der Waals surface area contributed by atoms with Crippen LogP contribution in [0.1, 0.15) is 0 Å². The molecule has 0 amide bonds. The van der Waals surface area contributed by atoms with E-state index in [1.165, 1.54) is 12.3 Å². The number of hydrogen-bond donors (Lipinski definition) is 3. The highest BCUT2D eigenvalue weighted by Crippen LogP contribution is 2.22. The molecule has 16 heavy (non-hydrogen) atoms. The van der Waals surface area contributed by atoms with Gasteiger partial charge in [0.2, 0.25) is 0 Å². The molecular formula is C8H11BrN2O4S. The first-order valence-electron chi connectivity index (χ1n) is 4.29. The molecule has 0 aliphatic carbocycles. The zero-order chi connectivity index (χ0) is 12.3. The lowest BCUT2D eigenvalue weighted by Crippen LogP contribution is -2.25. The predicted molar refractivity (Wildman–Crippen MR) is 61.5 cm³/mol. The maximum absolute atomic E-state index is 11.8. The van der Waals surface area contributed by atoms with E-state index in [1.807, 2.05) is 0 Å². The Morgan fingerprint density at radius 2 is 2.19 bits per heavy atom. The van der Waals surface area contributed by atoms with Gasteiger partial charge < -0.3 is 15.9 Å². The van der Waals surface area contributed by atoms with Crippen LogP contribution in [0.3, 0.4) is 0 Å². The van der Waals surface area contributed by atoms with Gasteiger partial charge in [-0.1, -0.05) is 0 Å². The molecule has 1 aromatic heterocycles. The molecule has 0 saturated heterocycles. The molecule has 0 aliphatic rings. The number of hydrogen-bond acceptors (Lipinski definition) is 6. The minimum absolute atomic E-state index is 0.131. The summed E-state index contributed by atoms with van der Waals surface area (Å²) < 4.78 is 24.0. The van der Waals surface area contributed by atoms with Crippen molar-refractivity contribution in [2.45, 2.75) is 11.0 Å². The lowest BCUT2D eigenvalue weighted by atomic mass is 10.4. The summed E-state index contributed by atoms with van der Waals surface area (Å²) in [6.45, 7) is -0.624. The van der Waals surface area contributed by atoms with Crippen molar-refractivity contribution < 1.29 is 18.6 Å². The van der Waals surface area contributed by atoms with Crippen molar-refractivity contribution in [3.05, 3.63) is 16.7 Å². The quantitative estimate of drug-likeness (QED) is 0.694. The summed E-state index contributed by atoms with van der Waals surface area (Å²) in [5, 5.41) is 17.7. The van der Waals surface area contributed by atoms with E-state index in [2.05, 4.69) is 20.9 Å². The number of rotatable bonds is 4. The summed E-state index contributed by atoms with van der Waals surface area (Å²) in [7, 11) is -3.75. The van der Waals surface area contributed by atoms with E-state index in [1.54, 1.807) is 0 Å². The highest BCUT2D eigenvalue weighted by atomic mass is 79.9. The monoisotopic (exact) mass is 310 g/mol. The van der Waals surface area contributed by atoms with Crippen molar-refractivity contribution in [2.24, 2.45) is 0 Å². The van der Waals surface area contributed by atoms with Crippen molar-refractivity contribution in [2.75, 3.05) is 18.1 Å². The van der Waals surface area contributed by atoms with E-state index in [0.717, 1.165) is 0 Å². The Morgan fingerprint density at radius 1 is 1.56 bits per heavy atom. The van der Waals surface area contributed by atoms with Gasteiger partial charge in [-0.05, 0) is 22.0 Å². The molecule has 90 valence electrons. The van der Waals surface area contributed by atoms with Crippen molar-refractivity contribution in [3.8, 4) is 0 Å². The van der Waals surface area contributed by atoms with Crippen LogP contribution >= 0.6 is 15.9 Å². The molecule has 1 rings (SSSR count). The molecule has 0 saturated carbocycles. The Hall–Kier alpha value is -0.700. The molecule has 0 spiro atoms. The van der Waals surface area contributed by atoms with Gasteiger partial charge in [-0.3, -0.25) is 0 Å². The normalized spacial score (nSPS) is 13.7. The van der Waals surface area contributed by atoms with Crippen molar-refractivity contribution in [3.63, 3.8) is 0 Å². The fourth-order valence-corrected chi connectivity index (χ4v) is 3.03. The van der Waals surface area contributed by atoms with Crippen LogP contribution in [0.15, 0.2) is 21.6 Å². The van der Waals surface area contributed by atoms with E-state index < -0.39 is 28.3 Å². The maximum atomic E-state index is 11.8. The molecule has 1 atom stereocenters. The van der Waals surface area contributed by atoms with Gasteiger partial charge in [0, 0.05) is 10.7 Å². The van der Waals surface area contributed by atoms with Crippen LogP contribution < -0.4 is 5.73 Å². The second-order valence-corrected chi connectivity index (χ2v) is 6.07. The average molecular weight is 311 g/mol. The summed E-state index contributed by atoms with van der Waals surface area (Å²) in [5.74, 6) is -0.723. The number of nitrogens with zero attached hydrogens (tertiary/aromatic N) is 1. The molecular weight excluding hydrogens is 300 g/mol. The Labute approximate surface area is 101 Å². The Bertz CT molecular complexity index is 477. The van der Waals surface area contributed by atoms with E-state index in [-0.39, 0.29) is 10.7 Å². The minimum atomic E-state index is -3.75. The SMILES string of the molecule is Nc1ncc(Br)cc1S(=O)(=O)CC(O)CO. The number of pyridine rings is 1. The standard InChI is InChI=1S/C8H11BrN2O4S/c9-5-1-7(8(10)11-2-5)16(14,15)4-6(13)3-12/h1-2,6,12-13H,3-4H2,(H2,10,11). The Kier molecular flexibility index (Phi) is 4.25. The van der Waals surface area contributed by atoms with Gasteiger partial charge >= 0.3 is 0 Å². The molecule has 1 heterocycles. The topological polar surface area (TPSA) is 114 Å². The van der Waals surface area contributed by atoms with Crippen LogP contribution in [0.25, 0.3) is 0 Å². The number of halogens is 1. The van der Waals surface area contributed by atoms with Crippen LogP contribution in [0, 0.1) is 0 Å². The summed E-state index contributed by atoms with van der Waals surface area (Å²) >= 11 is 3.08. The lowest BCUT2D eigenvalue weighted by Gasteiger charge is -2.10. The zero-order valence-electron chi connectivity index (χ0n) is 8.17. The fraction of sp³-hybridized carbons (Fsp3) is 0.375. The van der Waals surface area contributed by atoms with Gasteiger partial charge in [-0.15, -0.1) is 0 Å². The summed E-state index contributed by atoms with van der Waals surface area (Å²) in [6, 6.07) is 1.31. The van der Waals surface area contributed by atoms with Crippen LogP contribution in [0.4, 0.5) is 5.82 Å². The minimum Gasteiger partial charge on any atom is -0.394 e. The van der Waals surface area contributed by atoms with Crippen LogP contribution in [0.5, 0.6) is 0 Å². The van der Waals surface area contributed by atoms with Gasteiger partial charge in [0.05, 0.1) is 18.5 Å². The molecule has 0 radical (unpaired) electrons. The van der Waals surface area contributed by atoms with Gasteiger partial charge in [0.1, 0.15) is 10.7 Å². The molecule has 1 unspecified atom stereocenters. The van der Waals surface area contributed by atoms with Crippen LogP contribution in [-0.2, 0) is 9.84 Å². The molecule has 6 nitrogen and oxygen atoms in total. The van der Waals surface area contributed by atoms with Crippen molar-refractivity contribution in [1.29, 1.82) is 0 Å². The first kappa shape index (κ1) is 13.4. The molecule has 0 aliphatic heterocycles. The highest BCUT2D eigenvalue weighted by Gasteiger charge is 2.22. The first-order chi connectivity index (χ1) is 7.36. The van der Waals surface area contributed by atoms with E-state index >= 15 is 0 Å². The molecule has 0 aromatic carbocycles. The van der Waals surface area contributed by atoms with Gasteiger partial charge in [0.15, 0.2) is 9.84 Å². The fourth-order valence-electron chi connectivity index (χ4n) is 1.08. The second kappa shape index (κ2) is 5.09. The molecule has 8 heteroatoms. The van der Waals surface area contributed by atoms with Crippen molar-refractivity contribution in [1.82, 2.24) is 4.98 Å². The van der Waals surface area contributed by atoms with Crippen molar-refractivity contribution >= 4 is 31.6 Å². The van der Waals surface area contributed by atoms with Gasteiger partial charge in [-0.2, -0.15) is 0 Å². The molecule has 0 bridgehead atoms. The average Bonchev–Trinajstić information content (AvgIpc) is 2.20. The number of sulfone groups is 1. The third-order valence-corrected chi connectivity index (χ3v) is 4.06. The number of aliphatic hydroxyl groups is 2. The number of nitrogens with two attached hydrogens (primary N) is 1. The van der Waals surface area contributed by atoms with E-state index in [0.29, 0.717) is 4.47 Å². The van der Waals surface area contributed by atoms with Gasteiger partial charge in [0.25, 0.3) is 0 Å².